The zero-order chi connectivity index (χ0) is 71.6. The normalized spacial score (nSPS) is 23.1. The molecule has 2 amide bonds. The quantitative estimate of drug-likeness (QED) is 0.0641. The molecule has 8 aliphatic rings. The third kappa shape index (κ3) is 40.5. The molecular weight excluding hydrogens is 1410 g/mol. The van der Waals surface area contributed by atoms with Gasteiger partial charge in [-0.05, 0) is 25.7 Å². The van der Waals surface area contributed by atoms with E-state index in [2.05, 4.69) is 24.0 Å². The first-order valence-electron chi connectivity index (χ1n) is 32.4. The fraction of sp³-hybridized carbons (Fsp3) is 0.902. The lowest BCUT2D eigenvalue weighted by molar-refractivity contribution is -0.172. The standard InChI is InChI=1S/C14H23F2NO2S.C13H23F2NOS.C9H13F2NO3S.2C9H15F2NO2S.C7H11F2NOS/c1-14(15,16)10-19-13(18)11-4-2-3-5-12(11)17-6-8-20-9-7-17;1-13(14,15)10-17-12-5-3-2-4-11(12)16-6-8-18-9-7-16;1-9(10,11)8(14)15-6-7(13)12-2-4-16-5-3-12;2*1-9(10,11)7-14-8(13)6-12-2-4-15-5-3-12;1-7(8,9)6(11)10-2-4-12-5-3-10/h11-12H,2-10H2,1H3;11-12H,2-10H2,1H3;2-6H2,1H3;2*2-7H2,1H3;2-5H2,1H3. The minimum absolute atomic E-state index is 0.00711. The number of rotatable bonds is 20. The van der Waals surface area contributed by atoms with Crippen LogP contribution in [0, 0.1) is 5.92 Å². The van der Waals surface area contributed by atoms with Crippen molar-refractivity contribution in [3.8, 4) is 0 Å². The van der Waals surface area contributed by atoms with Gasteiger partial charge in [0.05, 0.1) is 25.1 Å². The van der Waals surface area contributed by atoms with E-state index in [9.17, 15) is 81.5 Å². The Morgan fingerprint density at radius 3 is 1.12 bits per heavy atom. The number of esters is 4. The highest BCUT2D eigenvalue weighted by Crippen LogP contribution is 2.33. The third-order valence-corrected chi connectivity index (χ3v) is 21.0. The second-order valence-corrected chi connectivity index (χ2v) is 32.0. The first-order chi connectivity index (χ1) is 44.9. The van der Waals surface area contributed by atoms with Crippen molar-refractivity contribution in [1.29, 1.82) is 0 Å². The number of amides is 2. The van der Waals surface area contributed by atoms with Crippen molar-refractivity contribution in [2.75, 3.05) is 194 Å². The smallest absolute Gasteiger partial charge is 0.377 e. The first kappa shape index (κ1) is 88.1. The molecule has 0 aromatic rings. The SMILES string of the molecule is CC(F)(F)C(=O)N1CCSCC1.CC(F)(F)C(=O)OCC(=O)N1CCSCC1.CC(F)(F)COC(=O)C1CCCCC1N1CCSCC1.CC(F)(F)COC(=O)CN1CCSCC1.CC(F)(F)COC(=O)CN1CCSCC1.CC(F)(F)COC1CCCCC1N1CCSCC1. The maximum absolute atomic E-state index is 12.9. The van der Waals surface area contributed by atoms with Gasteiger partial charge < -0.3 is 33.5 Å². The molecule has 0 radical (unpaired) electrons. The lowest BCUT2D eigenvalue weighted by Crippen LogP contribution is -2.50. The lowest BCUT2D eigenvalue weighted by Gasteiger charge is -2.41. The molecule has 0 N–H and O–H groups in total. The molecule has 2 aliphatic carbocycles. The number of carbonyl (C=O) groups is 6. The summed E-state index contributed by atoms with van der Waals surface area (Å²) in [5.74, 6) is -11.6. The highest BCUT2D eigenvalue weighted by atomic mass is 32.2. The fourth-order valence-corrected chi connectivity index (χ4v) is 16.1. The molecule has 8 rings (SSSR count). The largest absolute Gasteiger partial charge is 0.459 e. The van der Waals surface area contributed by atoms with Crippen LogP contribution in [0.2, 0.25) is 0 Å². The van der Waals surface area contributed by atoms with Gasteiger partial charge in [0, 0.05) is 201 Å². The minimum Gasteiger partial charge on any atom is -0.459 e. The molecule has 17 nitrogen and oxygen atoms in total. The molecule has 8 fully saturated rings. The summed E-state index contributed by atoms with van der Waals surface area (Å²) < 4.78 is 174. The van der Waals surface area contributed by atoms with Crippen molar-refractivity contribution < 1.29 is 105 Å². The van der Waals surface area contributed by atoms with Gasteiger partial charge in [0.2, 0.25) is 0 Å². The van der Waals surface area contributed by atoms with Gasteiger partial charge in [0.25, 0.3) is 35.5 Å². The van der Waals surface area contributed by atoms with E-state index in [-0.39, 0.29) is 31.2 Å². The molecule has 4 atom stereocenters. The van der Waals surface area contributed by atoms with Crippen molar-refractivity contribution in [2.45, 2.75) is 147 Å². The Bertz CT molecular complexity index is 2200. The first-order valence-corrected chi connectivity index (χ1v) is 39.3. The van der Waals surface area contributed by atoms with Gasteiger partial charge in [-0.2, -0.15) is 88.1 Å². The molecule has 4 unspecified atom stereocenters. The predicted molar refractivity (Wildman–Crippen MR) is 358 cm³/mol. The summed E-state index contributed by atoms with van der Waals surface area (Å²) in [5.41, 5.74) is 0. The molecule has 0 aromatic heterocycles. The Hall–Kier alpha value is -2.12. The van der Waals surface area contributed by atoms with Crippen LogP contribution >= 0.6 is 70.6 Å². The van der Waals surface area contributed by atoms with Crippen LogP contribution in [0.25, 0.3) is 0 Å². The molecule has 0 spiro atoms. The van der Waals surface area contributed by atoms with Gasteiger partial charge in [-0.3, -0.25) is 43.6 Å². The van der Waals surface area contributed by atoms with Crippen molar-refractivity contribution >= 4 is 106 Å². The number of thioether (sulfide) groups is 6. The van der Waals surface area contributed by atoms with Crippen LogP contribution < -0.4 is 0 Å². The third-order valence-electron chi connectivity index (χ3n) is 15.4. The van der Waals surface area contributed by atoms with Gasteiger partial charge in [-0.25, -0.2) is 39.9 Å². The number of hydrogen-bond donors (Lipinski definition) is 0. The topological polar surface area (TPSA) is 168 Å². The van der Waals surface area contributed by atoms with Crippen LogP contribution in [0.4, 0.5) is 52.7 Å². The molecule has 560 valence electrons. The summed E-state index contributed by atoms with van der Waals surface area (Å²) in [4.78, 5) is 78.9. The summed E-state index contributed by atoms with van der Waals surface area (Å²) in [7, 11) is 0. The Morgan fingerprint density at radius 2 is 0.729 bits per heavy atom. The van der Waals surface area contributed by atoms with Gasteiger partial charge in [0.1, 0.15) is 6.61 Å². The maximum atomic E-state index is 12.9. The summed E-state index contributed by atoms with van der Waals surface area (Å²) in [5, 5.41) is 0. The molecule has 6 heterocycles. The molecule has 35 heteroatoms. The van der Waals surface area contributed by atoms with Crippen molar-refractivity contribution in [3.63, 3.8) is 0 Å². The maximum Gasteiger partial charge on any atom is 0.377 e. The molecular formula is C61H100F12N6O11S6. The molecule has 0 bridgehead atoms. The van der Waals surface area contributed by atoms with E-state index in [1.807, 2.05) is 56.8 Å². The summed E-state index contributed by atoms with van der Waals surface area (Å²) in [6.45, 7) is 10.5. The summed E-state index contributed by atoms with van der Waals surface area (Å²) in [6.07, 6.45) is 8.21. The highest BCUT2D eigenvalue weighted by molar-refractivity contribution is 8.00. The van der Waals surface area contributed by atoms with Gasteiger partial charge in [-0.1, -0.05) is 25.7 Å². The summed E-state index contributed by atoms with van der Waals surface area (Å²) in [6, 6.07) is 0.546. The zero-order valence-electron chi connectivity index (χ0n) is 56.0. The highest BCUT2D eigenvalue weighted by Gasteiger charge is 2.40. The molecule has 2 saturated carbocycles. The monoisotopic (exact) mass is 1510 g/mol. The second kappa shape index (κ2) is 45.1. The fourth-order valence-electron chi connectivity index (χ4n) is 10.5. The Morgan fingerprint density at radius 1 is 0.385 bits per heavy atom. The summed E-state index contributed by atoms with van der Waals surface area (Å²) >= 11 is 11.0. The van der Waals surface area contributed by atoms with E-state index in [0.29, 0.717) is 46.1 Å². The Balaban J connectivity index is 0.000000302. The second-order valence-electron chi connectivity index (χ2n) is 24.7. The number of hydrogen-bond acceptors (Lipinski definition) is 21. The van der Waals surface area contributed by atoms with Gasteiger partial charge in [0.15, 0.2) is 26.4 Å². The van der Waals surface area contributed by atoms with Crippen LogP contribution in [-0.2, 0) is 52.5 Å². The van der Waals surface area contributed by atoms with E-state index >= 15 is 0 Å². The number of nitrogens with zero attached hydrogens (tertiary/aromatic N) is 6. The minimum atomic E-state index is -3.54. The van der Waals surface area contributed by atoms with Gasteiger partial charge >= 0.3 is 35.7 Å². The predicted octanol–water partition coefficient (Wildman–Crippen LogP) is 10.3. The Kier molecular flexibility index (Phi) is 41.4. The number of carbonyl (C=O) groups excluding carboxylic acids is 6. The van der Waals surface area contributed by atoms with E-state index in [1.54, 1.807) is 23.5 Å². The average molecular weight is 1510 g/mol. The van der Waals surface area contributed by atoms with Crippen LogP contribution in [0.3, 0.4) is 0 Å². The van der Waals surface area contributed by atoms with E-state index in [4.69, 9.17) is 9.47 Å². The molecule has 6 saturated heterocycles. The van der Waals surface area contributed by atoms with Crippen LogP contribution in [0.1, 0.15) is 92.9 Å². The van der Waals surface area contributed by atoms with E-state index < -0.39 is 104 Å². The zero-order valence-corrected chi connectivity index (χ0v) is 60.9. The molecule has 6 aliphatic heterocycles. The lowest BCUT2D eigenvalue weighted by atomic mass is 9.83. The number of alkyl halides is 12. The van der Waals surface area contributed by atoms with Crippen molar-refractivity contribution in [3.05, 3.63) is 0 Å². The molecule has 96 heavy (non-hydrogen) atoms. The molecule has 0 aromatic carbocycles. The number of halogens is 12. The average Bonchev–Trinajstić information content (AvgIpc) is 2.59. The van der Waals surface area contributed by atoms with Crippen LogP contribution in [0.15, 0.2) is 0 Å². The van der Waals surface area contributed by atoms with Crippen LogP contribution in [0.5, 0.6) is 0 Å². The van der Waals surface area contributed by atoms with Crippen molar-refractivity contribution in [1.82, 2.24) is 29.4 Å². The Labute approximate surface area is 583 Å². The van der Waals surface area contributed by atoms with Crippen LogP contribution in [-0.4, -0.2) is 313 Å². The number of ether oxygens (including phenoxy) is 5. The van der Waals surface area contributed by atoms with E-state index in [0.717, 1.165) is 194 Å². The van der Waals surface area contributed by atoms with E-state index in [1.165, 1.54) is 16.2 Å². The van der Waals surface area contributed by atoms with Crippen molar-refractivity contribution in [2.24, 2.45) is 5.92 Å². The van der Waals surface area contributed by atoms with Gasteiger partial charge in [-0.15, -0.1) is 0 Å².